The Kier molecular flexibility index (Phi) is 3.82. The van der Waals surface area contributed by atoms with E-state index in [1.807, 2.05) is 0 Å². The molecule has 1 amide bonds. The average molecular weight is 308 g/mol. The molecule has 0 aliphatic rings. The summed E-state index contributed by atoms with van der Waals surface area (Å²) in [5.41, 5.74) is 0.0572. The van der Waals surface area contributed by atoms with Crippen molar-refractivity contribution in [2.45, 2.75) is 26.3 Å². The third kappa shape index (κ3) is 3.10. The number of aryl methyl sites for hydroxylation is 2. The Morgan fingerprint density at radius 3 is 2.62 bits per heavy atom. The minimum Gasteiger partial charge on any atom is -0.480 e. The van der Waals surface area contributed by atoms with Gasteiger partial charge in [0, 0.05) is 18.8 Å². The smallest absolute Gasteiger partial charge is 0.328 e. The van der Waals surface area contributed by atoms with Crippen LogP contribution < -0.4 is 5.32 Å². The number of carboxylic acid groups (broad SMARTS) is 1. The van der Waals surface area contributed by atoms with Crippen LogP contribution in [0.1, 0.15) is 29.2 Å². The molecule has 8 heteroatoms. The minimum absolute atomic E-state index is 0.406. The number of aromatic nitrogens is 3. The molecule has 0 saturated carbocycles. The summed E-state index contributed by atoms with van der Waals surface area (Å²) in [7, 11) is 1.80. The topological polar surface area (TPSA) is 97.1 Å². The Morgan fingerprint density at radius 1 is 1.43 bits per heavy atom. The third-order valence-electron chi connectivity index (χ3n) is 2.92. The zero-order valence-corrected chi connectivity index (χ0v) is 13.0. The van der Waals surface area contributed by atoms with Gasteiger partial charge in [0.2, 0.25) is 0 Å². The van der Waals surface area contributed by atoms with E-state index in [0.29, 0.717) is 15.6 Å². The van der Waals surface area contributed by atoms with E-state index < -0.39 is 17.4 Å². The highest BCUT2D eigenvalue weighted by Gasteiger charge is 2.30. The fraction of sp³-hybridized carbons (Fsp3) is 0.385. The largest absolute Gasteiger partial charge is 0.480 e. The molecule has 112 valence electrons. The van der Waals surface area contributed by atoms with E-state index >= 15 is 0 Å². The molecule has 2 aromatic heterocycles. The number of carbonyl (C=O) groups excluding carboxylic acids is 1. The van der Waals surface area contributed by atoms with Gasteiger partial charge in [0.05, 0.1) is 11.9 Å². The van der Waals surface area contributed by atoms with Gasteiger partial charge < -0.3 is 10.4 Å². The molecule has 0 saturated heterocycles. The van der Waals surface area contributed by atoms with Gasteiger partial charge in [-0.2, -0.15) is 5.10 Å². The number of carbonyl (C=O) groups is 2. The zero-order chi connectivity index (χ0) is 15.8. The van der Waals surface area contributed by atoms with E-state index in [-0.39, 0.29) is 0 Å². The molecule has 0 atom stereocenters. The number of nitrogens with one attached hydrogen (secondary N) is 1. The second-order valence-corrected chi connectivity index (χ2v) is 6.22. The third-order valence-corrected chi connectivity index (χ3v) is 4.12. The van der Waals surface area contributed by atoms with Crippen LogP contribution >= 0.6 is 11.3 Å². The summed E-state index contributed by atoms with van der Waals surface area (Å²) in [5, 5.41) is 16.3. The number of carboxylic acids is 1. The molecule has 2 N–H and O–H groups in total. The van der Waals surface area contributed by atoms with E-state index in [4.69, 9.17) is 5.11 Å². The van der Waals surface area contributed by atoms with Crippen molar-refractivity contribution in [3.05, 3.63) is 23.0 Å². The van der Waals surface area contributed by atoms with Crippen molar-refractivity contribution < 1.29 is 14.7 Å². The van der Waals surface area contributed by atoms with Crippen LogP contribution in [0.2, 0.25) is 0 Å². The van der Waals surface area contributed by atoms with Crippen molar-refractivity contribution in [3.63, 3.8) is 0 Å². The van der Waals surface area contributed by atoms with Gasteiger partial charge in [0.25, 0.3) is 5.91 Å². The van der Waals surface area contributed by atoms with Crippen LogP contribution in [-0.4, -0.2) is 37.3 Å². The van der Waals surface area contributed by atoms with Crippen LogP contribution in [0.4, 0.5) is 0 Å². The van der Waals surface area contributed by atoms with Crippen LogP contribution in [-0.2, 0) is 11.8 Å². The Morgan fingerprint density at radius 2 is 2.10 bits per heavy atom. The molecule has 0 bridgehead atoms. The number of hydrogen-bond donors (Lipinski definition) is 2. The van der Waals surface area contributed by atoms with Crippen molar-refractivity contribution in [2.75, 3.05) is 0 Å². The lowest BCUT2D eigenvalue weighted by Gasteiger charge is -2.20. The molecule has 2 aromatic rings. The molecule has 21 heavy (non-hydrogen) atoms. The molecule has 0 radical (unpaired) electrons. The molecule has 2 rings (SSSR count). The van der Waals surface area contributed by atoms with Crippen molar-refractivity contribution in [2.24, 2.45) is 7.05 Å². The molecule has 0 aromatic carbocycles. The molecule has 7 nitrogen and oxygen atoms in total. The maximum absolute atomic E-state index is 12.2. The zero-order valence-electron chi connectivity index (χ0n) is 12.2. The maximum Gasteiger partial charge on any atom is 0.328 e. The minimum atomic E-state index is -1.33. The SMILES string of the molecule is Cc1nc(-c2cnn(C)c2)sc1C(=O)NC(C)(C)C(=O)O. The normalized spacial score (nSPS) is 11.4. The number of nitrogens with zero attached hydrogens (tertiary/aromatic N) is 3. The van der Waals surface area contributed by atoms with Gasteiger partial charge in [-0.15, -0.1) is 11.3 Å². The van der Waals surface area contributed by atoms with Gasteiger partial charge in [-0.25, -0.2) is 9.78 Å². The van der Waals surface area contributed by atoms with Gasteiger partial charge in [-0.1, -0.05) is 0 Å². The highest BCUT2D eigenvalue weighted by molar-refractivity contribution is 7.17. The van der Waals surface area contributed by atoms with Crippen molar-refractivity contribution in [3.8, 4) is 10.6 Å². The van der Waals surface area contributed by atoms with Gasteiger partial charge in [0.15, 0.2) is 0 Å². The standard InChI is InChI=1S/C13H16N4O3S/c1-7-9(10(18)16-13(2,3)12(19)20)21-11(15-7)8-5-14-17(4)6-8/h5-6H,1-4H3,(H,16,18)(H,19,20). The summed E-state index contributed by atoms with van der Waals surface area (Å²) in [6, 6.07) is 0. The van der Waals surface area contributed by atoms with Crippen LogP contribution in [0.25, 0.3) is 10.6 Å². The van der Waals surface area contributed by atoms with Crippen LogP contribution in [0.5, 0.6) is 0 Å². The fourth-order valence-electron chi connectivity index (χ4n) is 1.66. The number of thiazole rings is 1. The lowest BCUT2D eigenvalue weighted by atomic mass is 10.1. The van der Waals surface area contributed by atoms with Crippen molar-refractivity contribution in [1.82, 2.24) is 20.1 Å². The summed E-state index contributed by atoms with van der Waals surface area (Å²) < 4.78 is 1.65. The predicted molar refractivity (Wildman–Crippen MR) is 78.2 cm³/mol. The highest BCUT2D eigenvalue weighted by atomic mass is 32.1. The lowest BCUT2D eigenvalue weighted by Crippen LogP contribution is -2.49. The summed E-state index contributed by atoms with van der Waals surface area (Å²) >= 11 is 1.22. The first kappa shape index (κ1) is 15.2. The Balaban J connectivity index is 2.27. The van der Waals surface area contributed by atoms with Crippen molar-refractivity contribution in [1.29, 1.82) is 0 Å². The number of amides is 1. The number of rotatable bonds is 4. The maximum atomic E-state index is 12.2. The van der Waals surface area contributed by atoms with Crippen LogP contribution in [0.3, 0.4) is 0 Å². The highest BCUT2D eigenvalue weighted by Crippen LogP contribution is 2.27. The van der Waals surface area contributed by atoms with Crippen LogP contribution in [0, 0.1) is 6.92 Å². The van der Waals surface area contributed by atoms with E-state index in [2.05, 4.69) is 15.4 Å². The quantitative estimate of drug-likeness (QED) is 0.891. The summed E-state index contributed by atoms with van der Waals surface area (Å²) in [5.74, 6) is -1.53. The second-order valence-electron chi connectivity index (χ2n) is 5.22. The summed E-state index contributed by atoms with van der Waals surface area (Å²) in [6.07, 6.45) is 3.47. The molecule has 0 aliphatic carbocycles. The lowest BCUT2D eigenvalue weighted by molar-refractivity contribution is -0.143. The second kappa shape index (κ2) is 5.28. The Labute approximate surface area is 125 Å². The Hall–Kier alpha value is -2.22. The molecule has 0 unspecified atom stereocenters. The summed E-state index contributed by atoms with van der Waals surface area (Å²) in [6.45, 7) is 4.59. The molecule has 2 heterocycles. The molecular formula is C13H16N4O3S. The molecule has 0 fully saturated rings. The van der Waals surface area contributed by atoms with Gasteiger partial charge >= 0.3 is 5.97 Å². The Bertz CT molecular complexity index is 702. The van der Waals surface area contributed by atoms with E-state index in [0.717, 1.165) is 5.56 Å². The monoisotopic (exact) mass is 308 g/mol. The first-order valence-electron chi connectivity index (χ1n) is 6.23. The van der Waals surface area contributed by atoms with Crippen LogP contribution in [0.15, 0.2) is 12.4 Å². The first-order valence-corrected chi connectivity index (χ1v) is 7.04. The number of aliphatic carboxylic acids is 1. The average Bonchev–Trinajstić information content (AvgIpc) is 2.94. The van der Waals surface area contributed by atoms with Gasteiger partial charge in [0.1, 0.15) is 15.4 Å². The van der Waals surface area contributed by atoms with Crippen molar-refractivity contribution >= 4 is 23.2 Å². The predicted octanol–water partition coefficient (Wildman–Crippen LogP) is 1.45. The molecule has 0 aliphatic heterocycles. The van der Waals surface area contributed by atoms with E-state index in [1.54, 1.807) is 31.0 Å². The van der Waals surface area contributed by atoms with Gasteiger partial charge in [-0.05, 0) is 20.8 Å². The molecular weight excluding hydrogens is 292 g/mol. The first-order chi connectivity index (χ1) is 9.70. The van der Waals surface area contributed by atoms with E-state index in [9.17, 15) is 9.59 Å². The molecule has 0 spiro atoms. The summed E-state index contributed by atoms with van der Waals surface area (Å²) in [4.78, 5) is 28.0. The van der Waals surface area contributed by atoms with Gasteiger partial charge in [-0.3, -0.25) is 9.48 Å². The fourth-order valence-corrected chi connectivity index (χ4v) is 2.59. The number of hydrogen-bond acceptors (Lipinski definition) is 5. The van der Waals surface area contributed by atoms with E-state index in [1.165, 1.54) is 25.2 Å².